The van der Waals surface area contributed by atoms with Gasteiger partial charge in [-0.05, 0) is 25.2 Å². The SMILES string of the molecule is C[C@@H]1CN(C(=O)N(CCO)C2CCC2)C[C@H]1C(=O)O. The Balaban J connectivity index is 2.00. The second kappa shape index (κ2) is 5.77. The van der Waals surface area contributed by atoms with Gasteiger partial charge in [-0.25, -0.2) is 4.79 Å². The topological polar surface area (TPSA) is 81.1 Å². The summed E-state index contributed by atoms with van der Waals surface area (Å²) >= 11 is 0. The predicted octanol–water partition coefficient (Wildman–Crippen LogP) is 0.606. The molecule has 1 saturated heterocycles. The second-order valence-corrected chi connectivity index (χ2v) is 5.61. The molecule has 0 spiro atoms. The first-order valence-corrected chi connectivity index (χ1v) is 6.93. The van der Waals surface area contributed by atoms with E-state index < -0.39 is 11.9 Å². The van der Waals surface area contributed by atoms with Gasteiger partial charge in [0.15, 0.2) is 0 Å². The molecule has 6 heteroatoms. The molecule has 108 valence electrons. The van der Waals surface area contributed by atoms with E-state index >= 15 is 0 Å². The maximum Gasteiger partial charge on any atom is 0.320 e. The Kier molecular flexibility index (Phi) is 4.29. The summed E-state index contributed by atoms with van der Waals surface area (Å²) in [5, 5.41) is 18.2. The van der Waals surface area contributed by atoms with E-state index in [1.807, 2.05) is 6.92 Å². The third kappa shape index (κ3) is 2.83. The van der Waals surface area contributed by atoms with Gasteiger partial charge < -0.3 is 20.0 Å². The van der Waals surface area contributed by atoms with Gasteiger partial charge in [0.25, 0.3) is 0 Å². The number of nitrogens with zero attached hydrogens (tertiary/aromatic N) is 2. The number of hydrogen-bond donors (Lipinski definition) is 2. The Labute approximate surface area is 113 Å². The summed E-state index contributed by atoms with van der Waals surface area (Å²) in [7, 11) is 0. The van der Waals surface area contributed by atoms with Crippen LogP contribution < -0.4 is 0 Å². The molecule has 2 N–H and O–H groups in total. The van der Waals surface area contributed by atoms with Gasteiger partial charge in [-0.2, -0.15) is 0 Å². The highest BCUT2D eigenvalue weighted by Crippen LogP contribution is 2.29. The summed E-state index contributed by atoms with van der Waals surface area (Å²) in [6, 6.07) is 0.105. The smallest absolute Gasteiger partial charge is 0.320 e. The van der Waals surface area contributed by atoms with Crippen molar-refractivity contribution < 1.29 is 19.8 Å². The molecule has 2 amide bonds. The van der Waals surface area contributed by atoms with Crippen molar-refractivity contribution in [2.45, 2.75) is 32.2 Å². The Morgan fingerprint density at radius 2 is 2.00 bits per heavy atom. The Bertz CT molecular complexity index is 357. The third-order valence-electron chi connectivity index (χ3n) is 4.30. The molecule has 1 heterocycles. The molecule has 6 nitrogen and oxygen atoms in total. The average Bonchev–Trinajstić information content (AvgIpc) is 2.67. The van der Waals surface area contributed by atoms with Gasteiger partial charge in [-0.3, -0.25) is 4.79 Å². The minimum atomic E-state index is -0.833. The summed E-state index contributed by atoms with van der Waals surface area (Å²) in [5.41, 5.74) is 0. The van der Waals surface area contributed by atoms with Crippen molar-refractivity contribution in [2.75, 3.05) is 26.2 Å². The Hall–Kier alpha value is -1.30. The van der Waals surface area contributed by atoms with Crippen LogP contribution in [0.3, 0.4) is 0 Å². The minimum absolute atomic E-state index is 0.0150. The van der Waals surface area contributed by atoms with E-state index in [0.717, 1.165) is 19.3 Å². The van der Waals surface area contributed by atoms with Gasteiger partial charge in [0.1, 0.15) is 0 Å². The molecule has 2 fully saturated rings. The van der Waals surface area contributed by atoms with Gasteiger partial charge in [0.2, 0.25) is 0 Å². The molecule has 0 aromatic heterocycles. The number of aliphatic hydroxyl groups excluding tert-OH is 1. The maximum absolute atomic E-state index is 12.4. The lowest BCUT2D eigenvalue weighted by molar-refractivity contribution is -0.142. The van der Waals surface area contributed by atoms with Crippen molar-refractivity contribution in [3.63, 3.8) is 0 Å². The van der Waals surface area contributed by atoms with E-state index in [2.05, 4.69) is 0 Å². The lowest BCUT2D eigenvalue weighted by Gasteiger charge is -2.39. The van der Waals surface area contributed by atoms with Gasteiger partial charge >= 0.3 is 12.0 Å². The van der Waals surface area contributed by atoms with Crippen molar-refractivity contribution in [3.05, 3.63) is 0 Å². The first-order valence-electron chi connectivity index (χ1n) is 6.93. The van der Waals surface area contributed by atoms with Gasteiger partial charge in [-0.1, -0.05) is 6.92 Å². The molecular weight excluding hydrogens is 248 g/mol. The van der Waals surface area contributed by atoms with E-state index in [1.54, 1.807) is 9.80 Å². The molecule has 0 bridgehead atoms. The van der Waals surface area contributed by atoms with Crippen molar-refractivity contribution >= 4 is 12.0 Å². The molecule has 0 aromatic carbocycles. The lowest BCUT2D eigenvalue weighted by atomic mass is 9.91. The van der Waals surface area contributed by atoms with E-state index in [-0.39, 0.29) is 31.1 Å². The summed E-state index contributed by atoms with van der Waals surface area (Å²) in [6.07, 6.45) is 3.09. The number of amides is 2. The lowest BCUT2D eigenvalue weighted by Crippen LogP contribution is -2.51. The van der Waals surface area contributed by atoms with Crippen molar-refractivity contribution in [1.82, 2.24) is 9.80 Å². The molecule has 0 unspecified atom stereocenters. The van der Waals surface area contributed by atoms with Crippen molar-refractivity contribution in [3.8, 4) is 0 Å². The summed E-state index contributed by atoms with van der Waals surface area (Å²) < 4.78 is 0. The molecule has 1 aliphatic carbocycles. The van der Waals surface area contributed by atoms with Crippen LogP contribution in [-0.2, 0) is 4.79 Å². The second-order valence-electron chi connectivity index (χ2n) is 5.61. The zero-order valence-corrected chi connectivity index (χ0v) is 11.3. The highest BCUT2D eigenvalue weighted by molar-refractivity contribution is 5.78. The van der Waals surface area contributed by atoms with E-state index in [0.29, 0.717) is 13.1 Å². The molecular formula is C13H22N2O4. The Morgan fingerprint density at radius 3 is 2.42 bits per heavy atom. The number of aliphatic hydroxyl groups is 1. The molecule has 0 aromatic rings. The molecule has 1 aliphatic heterocycles. The quantitative estimate of drug-likeness (QED) is 0.784. The number of carboxylic acid groups (broad SMARTS) is 1. The van der Waals surface area contributed by atoms with Crippen LogP contribution in [0, 0.1) is 11.8 Å². The highest BCUT2D eigenvalue weighted by atomic mass is 16.4. The van der Waals surface area contributed by atoms with Crippen LogP contribution in [0.15, 0.2) is 0 Å². The first-order chi connectivity index (χ1) is 9.04. The molecule has 19 heavy (non-hydrogen) atoms. The number of carboxylic acids is 1. The van der Waals surface area contributed by atoms with Gasteiger partial charge in [0.05, 0.1) is 12.5 Å². The normalized spacial score (nSPS) is 27.2. The fourth-order valence-electron chi connectivity index (χ4n) is 2.87. The average molecular weight is 270 g/mol. The molecule has 0 radical (unpaired) electrons. The maximum atomic E-state index is 12.4. The number of rotatable bonds is 4. The molecule has 2 atom stereocenters. The molecule has 2 aliphatic rings. The van der Waals surface area contributed by atoms with Crippen LogP contribution in [0.4, 0.5) is 4.79 Å². The summed E-state index contributed by atoms with van der Waals surface area (Å²) in [6.45, 7) is 2.93. The number of likely N-dealkylation sites (tertiary alicyclic amines) is 1. The predicted molar refractivity (Wildman–Crippen MR) is 68.7 cm³/mol. The van der Waals surface area contributed by atoms with E-state index in [1.165, 1.54) is 0 Å². The van der Waals surface area contributed by atoms with Crippen molar-refractivity contribution in [2.24, 2.45) is 11.8 Å². The monoisotopic (exact) mass is 270 g/mol. The zero-order valence-electron chi connectivity index (χ0n) is 11.3. The number of carbonyl (C=O) groups is 2. The highest BCUT2D eigenvalue weighted by Gasteiger charge is 2.40. The Morgan fingerprint density at radius 1 is 1.32 bits per heavy atom. The van der Waals surface area contributed by atoms with Crippen LogP contribution in [0.25, 0.3) is 0 Å². The van der Waals surface area contributed by atoms with Crippen molar-refractivity contribution in [1.29, 1.82) is 0 Å². The zero-order chi connectivity index (χ0) is 14.0. The van der Waals surface area contributed by atoms with Gasteiger partial charge in [0, 0.05) is 25.7 Å². The summed E-state index contributed by atoms with van der Waals surface area (Å²) in [4.78, 5) is 26.8. The van der Waals surface area contributed by atoms with E-state index in [4.69, 9.17) is 10.2 Å². The number of urea groups is 1. The fourth-order valence-corrected chi connectivity index (χ4v) is 2.87. The number of carbonyl (C=O) groups excluding carboxylic acids is 1. The van der Waals surface area contributed by atoms with Crippen LogP contribution in [0.1, 0.15) is 26.2 Å². The number of aliphatic carboxylic acids is 1. The van der Waals surface area contributed by atoms with Gasteiger partial charge in [-0.15, -0.1) is 0 Å². The number of hydrogen-bond acceptors (Lipinski definition) is 3. The summed E-state index contributed by atoms with van der Waals surface area (Å²) in [5.74, 6) is -1.32. The van der Waals surface area contributed by atoms with E-state index in [9.17, 15) is 9.59 Å². The van der Waals surface area contributed by atoms with Crippen LogP contribution in [0.5, 0.6) is 0 Å². The van der Waals surface area contributed by atoms with Crippen LogP contribution >= 0.6 is 0 Å². The minimum Gasteiger partial charge on any atom is -0.481 e. The first kappa shape index (κ1) is 14.1. The molecule has 2 rings (SSSR count). The third-order valence-corrected chi connectivity index (χ3v) is 4.30. The standard InChI is InChI=1S/C13H22N2O4/c1-9-7-14(8-11(9)12(17)18)13(19)15(5-6-16)10-3-2-4-10/h9-11,16H,2-8H2,1H3,(H,17,18)/t9-,11-/m1/s1. The van der Waals surface area contributed by atoms with Crippen LogP contribution in [0.2, 0.25) is 0 Å². The van der Waals surface area contributed by atoms with Crippen LogP contribution in [-0.4, -0.2) is 64.3 Å². The fraction of sp³-hybridized carbons (Fsp3) is 0.846. The largest absolute Gasteiger partial charge is 0.481 e. The molecule has 1 saturated carbocycles.